The molecule has 0 radical (unpaired) electrons. The van der Waals surface area contributed by atoms with Crippen LogP contribution < -0.4 is 5.73 Å². The van der Waals surface area contributed by atoms with Crippen LogP contribution in [0.1, 0.15) is 19.0 Å². The van der Waals surface area contributed by atoms with E-state index in [1.165, 1.54) is 4.57 Å². The van der Waals surface area contributed by atoms with Crippen LogP contribution >= 0.6 is 0 Å². The summed E-state index contributed by atoms with van der Waals surface area (Å²) in [7, 11) is 1.73. The van der Waals surface area contributed by atoms with Gasteiger partial charge in [-0.25, -0.2) is 18.4 Å². The summed E-state index contributed by atoms with van der Waals surface area (Å²) in [5.41, 5.74) is 7.92. The van der Waals surface area contributed by atoms with E-state index in [4.69, 9.17) is 5.73 Å². The average molecular weight is 291 g/mol. The van der Waals surface area contributed by atoms with Gasteiger partial charge in [0.1, 0.15) is 17.2 Å². The second-order valence-corrected chi connectivity index (χ2v) is 4.89. The summed E-state index contributed by atoms with van der Waals surface area (Å²) in [6.07, 6.45) is 1.66. The van der Waals surface area contributed by atoms with E-state index < -0.39 is 11.6 Å². The minimum Gasteiger partial charge on any atom is -0.369 e. The molecule has 3 rings (SSSR count). The molecule has 2 heterocycles. The van der Waals surface area contributed by atoms with E-state index in [1.54, 1.807) is 11.7 Å². The molecular weight excluding hydrogens is 276 g/mol. The molecule has 2 N–H and O–H groups in total. The molecule has 2 aromatic heterocycles. The van der Waals surface area contributed by atoms with Gasteiger partial charge in [0.05, 0.1) is 11.4 Å². The van der Waals surface area contributed by atoms with E-state index >= 15 is 0 Å². The zero-order valence-electron chi connectivity index (χ0n) is 11.8. The van der Waals surface area contributed by atoms with Gasteiger partial charge in [0, 0.05) is 13.1 Å². The lowest BCUT2D eigenvalue weighted by atomic mass is 10.2. The first-order valence-electron chi connectivity index (χ1n) is 6.68. The van der Waals surface area contributed by atoms with Crippen LogP contribution in [0.5, 0.6) is 0 Å². The van der Waals surface area contributed by atoms with Crippen LogP contribution in [-0.2, 0) is 13.5 Å². The lowest BCUT2D eigenvalue weighted by Gasteiger charge is -2.08. The zero-order valence-corrected chi connectivity index (χ0v) is 11.8. The van der Waals surface area contributed by atoms with E-state index in [9.17, 15) is 8.78 Å². The quantitative estimate of drug-likeness (QED) is 0.806. The lowest BCUT2D eigenvalue weighted by molar-refractivity contribution is 0.593. The molecule has 0 spiro atoms. The third-order valence-corrected chi connectivity index (χ3v) is 3.37. The molecule has 21 heavy (non-hydrogen) atoms. The Labute approximate surface area is 120 Å². The highest BCUT2D eigenvalue weighted by Gasteiger charge is 2.20. The number of halogens is 2. The normalized spacial score (nSPS) is 11.4. The van der Waals surface area contributed by atoms with Crippen LogP contribution in [0.25, 0.3) is 16.9 Å². The maximum Gasteiger partial charge on any atom is 0.207 e. The van der Waals surface area contributed by atoms with Crippen molar-refractivity contribution in [3.8, 4) is 5.69 Å². The van der Waals surface area contributed by atoms with Crippen LogP contribution in [-0.4, -0.2) is 19.3 Å². The SMILES string of the molecule is CCCc1nn(C)c2c1nc(N)n2-c1cc(F)ccc1F. The van der Waals surface area contributed by atoms with Crippen molar-refractivity contribution < 1.29 is 8.78 Å². The molecule has 0 saturated heterocycles. The summed E-state index contributed by atoms with van der Waals surface area (Å²) in [4.78, 5) is 4.27. The number of imidazole rings is 1. The smallest absolute Gasteiger partial charge is 0.207 e. The Bertz CT molecular complexity index is 818. The predicted octanol–water partition coefficient (Wildman–Crippen LogP) is 2.57. The highest BCUT2D eigenvalue weighted by Crippen LogP contribution is 2.27. The third kappa shape index (κ3) is 2.05. The number of nitrogen functional groups attached to an aromatic ring is 1. The fraction of sp³-hybridized carbons (Fsp3) is 0.286. The number of anilines is 1. The molecule has 0 aliphatic rings. The number of aromatic nitrogens is 4. The Morgan fingerprint density at radius 3 is 2.76 bits per heavy atom. The molecule has 0 aliphatic heterocycles. The molecule has 5 nitrogen and oxygen atoms in total. The van der Waals surface area contributed by atoms with Gasteiger partial charge in [-0.3, -0.25) is 4.57 Å². The summed E-state index contributed by atoms with van der Waals surface area (Å²) in [5, 5.41) is 4.38. The molecule has 3 aromatic rings. The van der Waals surface area contributed by atoms with Gasteiger partial charge in [-0.15, -0.1) is 0 Å². The van der Waals surface area contributed by atoms with Gasteiger partial charge in [-0.1, -0.05) is 13.3 Å². The fourth-order valence-corrected chi connectivity index (χ4v) is 2.50. The standard InChI is InChI=1S/C14H15F2N5/c1-3-4-10-12-13(20(2)19-10)21(14(17)18-12)11-7-8(15)5-6-9(11)16/h5-7H,3-4H2,1-2H3,(H2,17,18). The van der Waals surface area contributed by atoms with E-state index in [1.807, 2.05) is 6.92 Å². The first-order chi connectivity index (χ1) is 10.0. The van der Waals surface area contributed by atoms with Crippen LogP contribution in [0.3, 0.4) is 0 Å². The maximum atomic E-state index is 14.0. The summed E-state index contributed by atoms with van der Waals surface area (Å²) in [5.74, 6) is -0.996. The van der Waals surface area contributed by atoms with E-state index in [0.29, 0.717) is 11.2 Å². The van der Waals surface area contributed by atoms with Gasteiger partial charge in [-0.05, 0) is 18.6 Å². The van der Waals surface area contributed by atoms with E-state index in [0.717, 1.165) is 36.7 Å². The maximum absolute atomic E-state index is 14.0. The average Bonchev–Trinajstić information content (AvgIpc) is 2.91. The number of nitrogens with zero attached hydrogens (tertiary/aromatic N) is 4. The number of fused-ring (bicyclic) bond motifs is 1. The summed E-state index contributed by atoms with van der Waals surface area (Å²) >= 11 is 0. The van der Waals surface area contributed by atoms with Crippen molar-refractivity contribution in [3.05, 3.63) is 35.5 Å². The van der Waals surface area contributed by atoms with Crippen molar-refractivity contribution in [1.82, 2.24) is 19.3 Å². The molecular formula is C14H15F2N5. The first-order valence-corrected chi connectivity index (χ1v) is 6.68. The molecule has 0 unspecified atom stereocenters. The van der Waals surface area contributed by atoms with E-state index in [2.05, 4.69) is 10.1 Å². The van der Waals surface area contributed by atoms with Crippen LogP contribution in [0, 0.1) is 11.6 Å². The second-order valence-electron chi connectivity index (χ2n) is 4.89. The molecule has 0 atom stereocenters. The van der Waals surface area contributed by atoms with Gasteiger partial charge < -0.3 is 5.73 Å². The van der Waals surface area contributed by atoms with Gasteiger partial charge in [-0.2, -0.15) is 5.10 Å². The van der Waals surface area contributed by atoms with Crippen molar-refractivity contribution >= 4 is 17.1 Å². The monoisotopic (exact) mass is 291 g/mol. The number of rotatable bonds is 3. The van der Waals surface area contributed by atoms with Crippen LogP contribution in [0.2, 0.25) is 0 Å². The van der Waals surface area contributed by atoms with Gasteiger partial charge in [0.25, 0.3) is 0 Å². The number of hydrogen-bond acceptors (Lipinski definition) is 3. The molecule has 1 aromatic carbocycles. The summed E-state index contributed by atoms with van der Waals surface area (Å²) < 4.78 is 30.4. The van der Waals surface area contributed by atoms with Gasteiger partial charge in [0.2, 0.25) is 5.95 Å². The fourth-order valence-electron chi connectivity index (χ4n) is 2.50. The van der Waals surface area contributed by atoms with Crippen LogP contribution in [0.15, 0.2) is 18.2 Å². The Balaban J connectivity index is 2.32. The highest BCUT2D eigenvalue weighted by molar-refractivity contribution is 5.80. The lowest BCUT2D eigenvalue weighted by Crippen LogP contribution is -2.07. The highest BCUT2D eigenvalue weighted by atomic mass is 19.1. The summed E-state index contributed by atoms with van der Waals surface area (Å²) in [6.45, 7) is 2.03. The Kier molecular flexibility index (Phi) is 3.12. The predicted molar refractivity (Wildman–Crippen MR) is 76.2 cm³/mol. The number of aryl methyl sites for hydroxylation is 2. The Hall–Kier alpha value is -2.44. The first kappa shape index (κ1) is 13.5. The minimum atomic E-state index is -0.569. The topological polar surface area (TPSA) is 61.7 Å². The zero-order chi connectivity index (χ0) is 15.1. The summed E-state index contributed by atoms with van der Waals surface area (Å²) in [6, 6.07) is 3.23. The molecule has 110 valence electrons. The third-order valence-electron chi connectivity index (χ3n) is 3.37. The van der Waals surface area contributed by atoms with Gasteiger partial charge >= 0.3 is 0 Å². The Morgan fingerprint density at radius 1 is 1.29 bits per heavy atom. The Morgan fingerprint density at radius 2 is 2.05 bits per heavy atom. The van der Waals surface area contributed by atoms with Crippen molar-refractivity contribution in [2.45, 2.75) is 19.8 Å². The van der Waals surface area contributed by atoms with Gasteiger partial charge in [0.15, 0.2) is 5.65 Å². The van der Waals surface area contributed by atoms with Crippen molar-refractivity contribution in [2.75, 3.05) is 5.73 Å². The number of benzene rings is 1. The molecule has 0 aliphatic carbocycles. The van der Waals surface area contributed by atoms with E-state index in [-0.39, 0.29) is 11.6 Å². The molecule has 7 heteroatoms. The number of hydrogen-bond donors (Lipinski definition) is 1. The van der Waals surface area contributed by atoms with Crippen LogP contribution in [0.4, 0.5) is 14.7 Å². The molecule has 0 fully saturated rings. The number of nitrogens with two attached hydrogens (primary N) is 1. The second kappa shape index (κ2) is 4.83. The van der Waals surface area contributed by atoms with Crippen molar-refractivity contribution in [1.29, 1.82) is 0 Å². The molecule has 0 bridgehead atoms. The largest absolute Gasteiger partial charge is 0.369 e. The van der Waals surface area contributed by atoms with Crippen molar-refractivity contribution in [2.24, 2.45) is 7.05 Å². The molecule has 0 amide bonds. The van der Waals surface area contributed by atoms with Crippen molar-refractivity contribution in [3.63, 3.8) is 0 Å². The minimum absolute atomic E-state index is 0.0287. The molecule has 0 saturated carbocycles.